The fourth-order valence-corrected chi connectivity index (χ4v) is 2.60. The molecule has 0 amide bonds. The van der Waals surface area contributed by atoms with Gasteiger partial charge in [0.1, 0.15) is 17.3 Å². The molecule has 94 valence electrons. The number of hydrogen-bond acceptors (Lipinski definition) is 3. The zero-order valence-corrected chi connectivity index (χ0v) is 12.6. The quantitative estimate of drug-likeness (QED) is 0.620. The van der Waals surface area contributed by atoms with Gasteiger partial charge in [-0.25, -0.2) is 8.42 Å². The molecule has 0 radical (unpaired) electrons. The maximum absolute atomic E-state index is 11.4. The molecule has 17 heavy (non-hydrogen) atoms. The first kappa shape index (κ1) is 14.5. The van der Waals surface area contributed by atoms with Crippen LogP contribution in [0.15, 0.2) is 39.2 Å². The fraction of sp³-hybridized carbons (Fsp3) is 0.273. The van der Waals surface area contributed by atoms with Gasteiger partial charge >= 0.3 is 0 Å². The van der Waals surface area contributed by atoms with Crippen LogP contribution in [0.4, 0.5) is 0 Å². The van der Waals surface area contributed by atoms with Gasteiger partial charge in [-0.2, -0.15) is 0 Å². The summed E-state index contributed by atoms with van der Waals surface area (Å²) < 4.78 is 28.7. The lowest BCUT2D eigenvalue weighted by Gasteiger charge is -2.08. The lowest BCUT2D eigenvalue weighted by Crippen LogP contribution is -2.00. The van der Waals surface area contributed by atoms with E-state index in [-0.39, 0.29) is 10.6 Å². The minimum absolute atomic E-state index is 0.0318. The summed E-state index contributed by atoms with van der Waals surface area (Å²) in [5.41, 5.74) is 1.09. The molecule has 6 heteroatoms. The number of rotatable bonds is 4. The second-order valence-electron chi connectivity index (χ2n) is 3.62. The first-order valence-electron chi connectivity index (χ1n) is 4.81. The van der Waals surface area contributed by atoms with Crippen molar-refractivity contribution in [3.63, 3.8) is 0 Å². The van der Waals surface area contributed by atoms with Crippen LogP contribution in [-0.2, 0) is 9.05 Å². The molecule has 1 aromatic carbocycles. The summed E-state index contributed by atoms with van der Waals surface area (Å²) in [6.45, 7) is 4.18. The predicted octanol–water partition coefficient (Wildman–Crippen LogP) is 3.72. The highest BCUT2D eigenvalue weighted by Gasteiger charge is 2.17. The molecule has 0 aliphatic carbocycles. The SMILES string of the molecule is CC(C)=CCOc1ccc(Br)cc1S(=O)(=O)Cl. The Kier molecular flexibility index (Phi) is 5.04. The Morgan fingerprint density at radius 2 is 2.12 bits per heavy atom. The Bertz CT molecular complexity index is 534. The van der Waals surface area contributed by atoms with Crippen LogP contribution in [0.2, 0.25) is 0 Å². The van der Waals surface area contributed by atoms with Crippen LogP contribution in [-0.4, -0.2) is 15.0 Å². The van der Waals surface area contributed by atoms with Gasteiger partial charge in [0.2, 0.25) is 0 Å². The van der Waals surface area contributed by atoms with Gasteiger partial charge < -0.3 is 4.74 Å². The predicted molar refractivity (Wildman–Crippen MR) is 72.1 cm³/mol. The molecule has 1 aromatic rings. The van der Waals surface area contributed by atoms with Gasteiger partial charge in [0.25, 0.3) is 9.05 Å². The number of ether oxygens (including phenoxy) is 1. The highest BCUT2D eigenvalue weighted by atomic mass is 79.9. The summed E-state index contributed by atoms with van der Waals surface area (Å²) in [7, 11) is 1.52. The van der Waals surface area contributed by atoms with Crippen LogP contribution >= 0.6 is 26.6 Å². The minimum Gasteiger partial charge on any atom is -0.488 e. The molecule has 0 aromatic heterocycles. The topological polar surface area (TPSA) is 43.4 Å². The Labute approximate surface area is 114 Å². The van der Waals surface area contributed by atoms with Crippen LogP contribution in [0.25, 0.3) is 0 Å². The van der Waals surface area contributed by atoms with E-state index in [4.69, 9.17) is 15.4 Å². The average Bonchev–Trinajstić information content (AvgIpc) is 2.18. The van der Waals surface area contributed by atoms with Crippen molar-refractivity contribution < 1.29 is 13.2 Å². The fourth-order valence-electron chi connectivity index (χ4n) is 1.09. The summed E-state index contributed by atoms with van der Waals surface area (Å²) in [6, 6.07) is 4.68. The van der Waals surface area contributed by atoms with Crippen molar-refractivity contribution in [2.24, 2.45) is 0 Å². The molecule has 1 rings (SSSR count). The molecule has 3 nitrogen and oxygen atoms in total. The van der Waals surface area contributed by atoms with Crippen molar-refractivity contribution in [2.45, 2.75) is 18.7 Å². The van der Waals surface area contributed by atoms with Crippen molar-refractivity contribution in [3.8, 4) is 5.75 Å². The van der Waals surface area contributed by atoms with Crippen molar-refractivity contribution in [1.29, 1.82) is 0 Å². The summed E-state index contributed by atoms with van der Waals surface area (Å²) in [6.07, 6.45) is 1.85. The van der Waals surface area contributed by atoms with Crippen LogP contribution in [0.1, 0.15) is 13.8 Å². The normalized spacial score (nSPS) is 11.1. The number of halogens is 2. The maximum Gasteiger partial charge on any atom is 0.265 e. The van der Waals surface area contributed by atoms with Gasteiger partial charge in [-0.05, 0) is 38.1 Å². The van der Waals surface area contributed by atoms with E-state index in [1.54, 1.807) is 12.1 Å². The Hall–Kier alpha value is -0.520. The highest BCUT2D eigenvalue weighted by Crippen LogP contribution is 2.30. The van der Waals surface area contributed by atoms with Crippen molar-refractivity contribution >= 4 is 35.7 Å². The zero-order valence-electron chi connectivity index (χ0n) is 9.41. The van der Waals surface area contributed by atoms with Gasteiger partial charge in [0, 0.05) is 15.2 Å². The molecule has 0 saturated carbocycles. The lowest BCUT2D eigenvalue weighted by atomic mass is 10.3. The second kappa shape index (κ2) is 5.89. The molecule has 0 heterocycles. The van der Waals surface area contributed by atoms with Gasteiger partial charge in [0.05, 0.1) is 0 Å². The average molecular weight is 340 g/mol. The van der Waals surface area contributed by atoms with Gasteiger partial charge in [-0.15, -0.1) is 0 Å². The summed E-state index contributed by atoms with van der Waals surface area (Å²) in [5, 5.41) is 0. The van der Waals surface area contributed by atoms with Crippen molar-refractivity contribution in [1.82, 2.24) is 0 Å². The molecular weight excluding hydrogens is 328 g/mol. The molecule has 0 N–H and O–H groups in total. The van der Waals surface area contributed by atoms with Crippen molar-refractivity contribution in [2.75, 3.05) is 6.61 Å². The third kappa shape index (κ3) is 4.69. The van der Waals surface area contributed by atoms with E-state index in [0.717, 1.165) is 5.57 Å². The summed E-state index contributed by atoms with van der Waals surface area (Å²) in [4.78, 5) is -0.0318. The Balaban J connectivity index is 3.04. The molecule has 0 aliphatic rings. The summed E-state index contributed by atoms with van der Waals surface area (Å²) >= 11 is 3.19. The molecule has 0 fully saturated rings. The molecule has 0 saturated heterocycles. The summed E-state index contributed by atoms with van der Waals surface area (Å²) in [5.74, 6) is 0.251. The van der Waals surface area contributed by atoms with E-state index in [1.807, 2.05) is 19.9 Å². The van der Waals surface area contributed by atoms with Gasteiger partial charge in [-0.1, -0.05) is 21.5 Å². The molecular formula is C11H12BrClO3S. The first-order valence-corrected chi connectivity index (χ1v) is 7.91. The highest BCUT2D eigenvalue weighted by molar-refractivity contribution is 9.10. The van der Waals surface area contributed by atoms with E-state index >= 15 is 0 Å². The van der Waals surface area contributed by atoms with Crippen LogP contribution in [0, 0.1) is 0 Å². The number of hydrogen-bond donors (Lipinski definition) is 0. The second-order valence-corrected chi connectivity index (χ2v) is 7.07. The monoisotopic (exact) mass is 338 g/mol. The first-order chi connectivity index (χ1) is 7.80. The molecule has 0 unspecified atom stereocenters. The Morgan fingerprint density at radius 3 is 2.65 bits per heavy atom. The molecule has 0 aliphatic heterocycles. The van der Waals surface area contributed by atoms with E-state index in [0.29, 0.717) is 11.1 Å². The van der Waals surface area contributed by atoms with E-state index < -0.39 is 9.05 Å². The lowest BCUT2D eigenvalue weighted by molar-refractivity contribution is 0.352. The maximum atomic E-state index is 11.4. The molecule has 0 spiro atoms. The van der Waals surface area contributed by atoms with Gasteiger partial charge in [0.15, 0.2) is 0 Å². The standard InChI is InChI=1S/C11H12BrClO3S/c1-8(2)5-6-16-10-4-3-9(12)7-11(10)17(13,14)15/h3-5,7H,6H2,1-2H3. The Morgan fingerprint density at radius 1 is 1.47 bits per heavy atom. The smallest absolute Gasteiger partial charge is 0.265 e. The van der Waals surface area contributed by atoms with Crippen LogP contribution in [0.3, 0.4) is 0 Å². The molecule has 0 bridgehead atoms. The van der Waals surface area contributed by atoms with E-state index in [2.05, 4.69) is 15.9 Å². The number of benzene rings is 1. The minimum atomic E-state index is -3.81. The largest absolute Gasteiger partial charge is 0.488 e. The van der Waals surface area contributed by atoms with Crippen molar-refractivity contribution in [3.05, 3.63) is 34.3 Å². The third-order valence-electron chi connectivity index (χ3n) is 1.90. The van der Waals surface area contributed by atoms with Crippen LogP contribution < -0.4 is 4.74 Å². The zero-order chi connectivity index (χ0) is 13.1. The molecule has 0 atom stereocenters. The van der Waals surface area contributed by atoms with E-state index in [9.17, 15) is 8.42 Å². The van der Waals surface area contributed by atoms with E-state index in [1.165, 1.54) is 6.07 Å². The number of allylic oxidation sites excluding steroid dienone is 1. The van der Waals surface area contributed by atoms with Gasteiger partial charge in [-0.3, -0.25) is 0 Å². The van der Waals surface area contributed by atoms with Crippen LogP contribution in [0.5, 0.6) is 5.75 Å². The third-order valence-corrected chi connectivity index (χ3v) is 3.74.